The van der Waals surface area contributed by atoms with Crippen LogP contribution in [0.25, 0.3) is 0 Å². The van der Waals surface area contributed by atoms with E-state index in [0.29, 0.717) is 31.7 Å². The van der Waals surface area contributed by atoms with Crippen LogP contribution in [0.2, 0.25) is 0 Å². The Morgan fingerprint density at radius 3 is 2.45 bits per heavy atom. The van der Waals surface area contributed by atoms with E-state index >= 15 is 0 Å². The van der Waals surface area contributed by atoms with Crippen molar-refractivity contribution in [3.05, 3.63) is 71.3 Å². The number of carbonyl (C=O) groups is 3. The van der Waals surface area contributed by atoms with Crippen LogP contribution >= 0.6 is 0 Å². The van der Waals surface area contributed by atoms with Crippen molar-refractivity contribution in [2.75, 3.05) is 26.2 Å². The molecule has 2 aromatic carbocycles. The van der Waals surface area contributed by atoms with Gasteiger partial charge in [-0.25, -0.2) is 0 Å². The SMILES string of the molecule is CCN(Cc1ccccc1)C(=O)CNC(=O)C1CCCN(C(=O)c2ccc(C)cc2)C1. The molecule has 0 saturated carbocycles. The first-order valence-corrected chi connectivity index (χ1v) is 10.9. The molecule has 1 unspecified atom stereocenters. The first kappa shape index (κ1) is 22.5. The molecule has 1 heterocycles. The smallest absolute Gasteiger partial charge is 0.253 e. The zero-order valence-corrected chi connectivity index (χ0v) is 18.3. The molecule has 3 rings (SSSR count). The lowest BCUT2D eigenvalue weighted by Crippen LogP contribution is -2.47. The second-order valence-electron chi connectivity index (χ2n) is 8.07. The van der Waals surface area contributed by atoms with Crippen LogP contribution in [-0.4, -0.2) is 53.7 Å². The lowest BCUT2D eigenvalue weighted by molar-refractivity contribution is -0.134. The van der Waals surface area contributed by atoms with Gasteiger partial charge in [0.2, 0.25) is 11.8 Å². The van der Waals surface area contributed by atoms with Crippen molar-refractivity contribution in [1.82, 2.24) is 15.1 Å². The van der Waals surface area contributed by atoms with E-state index in [2.05, 4.69) is 5.32 Å². The van der Waals surface area contributed by atoms with Gasteiger partial charge < -0.3 is 15.1 Å². The minimum atomic E-state index is -0.292. The highest BCUT2D eigenvalue weighted by Gasteiger charge is 2.29. The Morgan fingerprint density at radius 2 is 1.77 bits per heavy atom. The summed E-state index contributed by atoms with van der Waals surface area (Å²) >= 11 is 0. The maximum atomic E-state index is 12.8. The zero-order valence-electron chi connectivity index (χ0n) is 18.3. The number of hydrogen-bond acceptors (Lipinski definition) is 3. The second-order valence-corrected chi connectivity index (χ2v) is 8.07. The average molecular weight is 422 g/mol. The average Bonchev–Trinajstić information content (AvgIpc) is 2.81. The van der Waals surface area contributed by atoms with E-state index in [9.17, 15) is 14.4 Å². The molecule has 1 fully saturated rings. The third-order valence-electron chi connectivity index (χ3n) is 5.74. The van der Waals surface area contributed by atoms with Crippen molar-refractivity contribution < 1.29 is 14.4 Å². The molecule has 31 heavy (non-hydrogen) atoms. The van der Waals surface area contributed by atoms with Gasteiger partial charge in [0.05, 0.1) is 12.5 Å². The number of aryl methyl sites for hydroxylation is 1. The molecule has 1 N–H and O–H groups in total. The normalized spacial score (nSPS) is 15.9. The highest BCUT2D eigenvalue weighted by molar-refractivity contribution is 5.95. The fourth-order valence-electron chi connectivity index (χ4n) is 3.85. The number of likely N-dealkylation sites (tertiary alicyclic amines) is 1. The van der Waals surface area contributed by atoms with Crippen LogP contribution in [-0.2, 0) is 16.1 Å². The first-order chi connectivity index (χ1) is 15.0. The van der Waals surface area contributed by atoms with E-state index in [-0.39, 0.29) is 30.2 Å². The number of carbonyl (C=O) groups excluding carboxylic acids is 3. The van der Waals surface area contributed by atoms with E-state index in [1.165, 1.54) is 0 Å². The van der Waals surface area contributed by atoms with Gasteiger partial charge in [-0.3, -0.25) is 14.4 Å². The van der Waals surface area contributed by atoms with Gasteiger partial charge in [-0.05, 0) is 44.4 Å². The van der Waals surface area contributed by atoms with Gasteiger partial charge in [-0.1, -0.05) is 48.0 Å². The Balaban J connectivity index is 1.51. The zero-order chi connectivity index (χ0) is 22.2. The fraction of sp³-hybridized carbons (Fsp3) is 0.400. The van der Waals surface area contributed by atoms with Crippen LogP contribution in [0.1, 0.15) is 41.3 Å². The molecule has 0 radical (unpaired) electrons. The van der Waals surface area contributed by atoms with Crippen molar-refractivity contribution >= 4 is 17.7 Å². The Kier molecular flexibility index (Phi) is 7.82. The summed E-state index contributed by atoms with van der Waals surface area (Å²) in [4.78, 5) is 41.5. The van der Waals surface area contributed by atoms with Crippen molar-refractivity contribution in [2.24, 2.45) is 5.92 Å². The van der Waals surface area contributed by atoms with Crippen LogP contribution in [0.3, 0.4) is 0 Å². The highest BCUT2D eigenvalue weighted by Crippen LogP contribution is 2.19. The Labute approximate surface area is 184 Å². The number of rotatable bonds is 7. The van der Waals surface area contributed by atoms with Crippen LogP contribution in [0.15, 0.2) is 54.6 Å². The van der Waals surface area contributed by atoms with Crippen LogP contribution in [0.5, 0.6) is 0 Å². The number of amides is 3. The van der Waals surface area contributed by atoms with Gasteiger partial charge in [-0.15, -0.1) is 0 Å². The van der Waals surface area contributed by atoms with Gasteiger partial charge in [0.15, 0.2) is 0 Å². The van der Waals surface area contributed by atoms with E-state index in [4.69, 9.17) is 0 Å². The summed E-state index contributed by atoms with van der Waals surface area (Å²) in [5.41, 5.74) is 2.80. The lowest BCUT2D eigenvalue weighted by Gasteiger charge is -2.32. The van der Waals surface area contributed by atoms with Crippen molar-refractivity contribution in [3.63, 3.8) is 0 Å². The van der Waals surface area contributed by atoms with Crippen molar-refractivity contribution in [1.29, 1.82) is 0 Å². The molecular weight excluding hydrogens is 390 g/mol. The predicted molar refractivity (Wildman–Crippen MR) is 120 cm³/mol. The number of hydrogen-bond donors (Lipinski definition) is 1. The minimum absolute atomic E-state index is 0.0259. The second kappa shape index (κ2) is 10.8. The van der Waals surface area contributed by atoms with E-state index in [1.54, 1.807) is 9.80 Å². The summed E-state index contributed by atoms with van der Waals surface area (Å²) in [6.07, 6.45) is 1.50. The summed E-state index contributed by atoms with van der Waals surface area (Å²) in [6.45, 7) is 6.01. The first-order valence-electron chi connectivity index (χ1n) is 10.9. The molecule has 0 aromatic heterocycles. The molecule has 1 atom stereocenters. The third-order valence-corrected chi connectivity index (χ3v) is 5.74. The van der Waals surface area contributed by atoms with E-state index < -0.39 is 0 Å². The lowest BCUT2D eigenvalue weighted by atomic mass is 9.96. The molecule has 1 saturated heterocycles. The Bertz CT molecular complexity index is 896. The van der Waals surface area contributed by atoms with E-state index in [0.717, 1.165) is 24.0 Å². The summed E-state index contributed by atoms with van der Waals surface area (Å²) in [7, 11) is 0. The standard InChI is InChI=1S/C25H31N3O3/c1-3-27(17-20-8-5-4-6-9-20)23(29)16-26-24(30)22-10-7-15-28(18-22)25(31)21-13-11-19(2)12-14-21/h4-6,8-9,11-14,22H,3,7,10,15-18H2,1-2H3,(H,26,30). The highest BCUT2D eigenvalue weighted by atomic mass is 16.2. The number of benzene rings is 2. The molecular formula is C25H31N3O3. The molecule has 164 valence electrons. The van der Waals surface area contributed by atoms with Crippen LogP contribution < -0.4 is 5.32 Å². The molecule has 3 amide bonds. The molecule has 1 aliphatic rings. The van der Waals surface area contributed by atoms with Crippen LogP contribution in [0, 0.1) is 12.8 Å². The number of nitrogens with zero attached hydrogens (tertiary/aromatic N) is 2. The largest absolute Gasteiger partial charge is 0.347 e. The molecule has 0 spiro atoms. The molecule has 6 nitrogen and oxygen atoms in total. The molecule has 2 aromatic rings. The maximum Gasteiger partial charge on any atom is 0.253 e. The van der Waals surface area contributed by atoms with Gasteiger partial charge in [-0.2, -0.15) is 0 Å². The minimum Gasteiger partial charge on any atom is -0.347 e. The van der Waals surface area contributed by atoms with Crippen LogP contribution in [0.4, 0.5) is 0 Å². The number of likely N-dealkylation sites (N-methyl/N-ethyl adjacent to an activating group) is 1. The topological polar surface area (TPSA) is 69.7 Å². The van der Waals surface area contributed by atoms with Gasteiger partial charge in [0, 0.05) is 31.7 Å². The monoisotopic (exact) mass is 421 g/mol. The molecule has 0 bridgehead atoms. The van der Waals surface area contributed by atoms with Crippen molar-refractivity contribution in [3.8, 4) is 0 Å². The number of nitrogens with one attached hydrogen (secondary N) is 1. The van der Waals surface area contributed by atoms with Gasteiger partial charge in [0.25, 0.3) is 5.91 Å². The summed E-state index contributed by atoms with van der Waals surface area (Å²) in [6, 6.07) is 17.3. The quantitative estimate of drug-likeness (QED) is 0.747. The van der Waals surface area contributed by atoms with Crippen molar-refractivity contribution in [2.45, 2.75) is 33.2 Å². The Morgan fingerprint density at radius 1 is 1.06 bits per heavy atom. The number of piperidine rings is 1. The Hall–Kier alpha value is -3.15. The van der Waals surface area contributed by atoms with Gasteiger partial charge >= 0.3 is 0 Å². The fourth-order valence-corrected chi connectivity index (χ4v) is 3.85. The molecule has 6 heteroatoms. The summed E-state index contributed by atoms with van der Waals surface area (Å²) in [5, 5.41) is 2.79. The summed E-state index contributed by atoms with van der Waals surface area (Å²) < 4.78 is 0. The third kappa shape index (κ3) is 6.17. The molecule has 0 aliphatic carbocycles. The summed E-state index contributed by atoms with van der Waals surface area (Å²) in [5.74, 6) is -0.609. The maximum absolute atomic E-state index is 12.8. The predicted octanol–water partition coefficient (Wildman–Crippen LogP) is 3.01. The van der Waals surface area contributed by atoms with Gasteiger partial charge in [0.1, 0.15) is 0 Å². The van der Waals surface area contributed by atoms with E-state index in [1.807, 2.05) is 68.4 Å². The molecule has 1 aliphatic heterocycles.